The zero-order valence-electron chi connectivity index (χ0n) is 8.05. The third-order valence-electron chi connectivity index (χ3n) is 1.38. The van der Waals surface area contributed by atoms with Crippen LogP contribution in [0.4, 0.5) is 0 Å². The minimum absolute atomic E-state index is 0.788. The number of hydrogen-bond acceptors (Lipinski definition) is 7. The van der Waals surface area contributed by atoms with Gasteiger partial charge < -0.3 is 30.2 Å². The van der Waals surface area contributed by atoms with Gasteiger partial charge >= 0.3 is 7.82 Å². The molecular weight excluding hydrogens is 219 g/mol. The molecule has 0 aromatic carbocycles. The van der Waals surface area contributed by atoms with Gasteiger partial charge in [-0.1, -0.05) is 0 Å². The second-order valence-corrected chi connectivity index (χ2v) is 3.77. The molecule has 9 heteroatoms. The average molecular weight is 233 g/mol. The highest BCUT2D eigenvalue weighted by molar-refractivity contribution is 7.46. The van der Waals surface area contributed by atoms with Gasteiger partial charge in [0.15, 0.2) is 0 Å². The number of phosphoric ester groups is 1. The van der Waals surface area contributed by atoms with Crippen molar-refractivity contribution in [3.05, 3.63) is 0 Å². The number of phosphoric acid groups is 1. The Bertz CT molecular complexity index is 225. The summed E-state index contributed by atoms with van der Waals surface area (Å²) in [7, 11) is -4.55. The first kappa shape index (κ1) is 12.0. The topological polar surface area (TPSA) is 148 Å². The van der Waals surface area contributed by atoms with Crippen LogP contribution in [0.25, 0.3) is 0 Å². The summed E-state index contributed by atoms with van der Waals surface area (Å²) in [6.45, 7) is -1.62. The van der Waals surface area contributed by atoms with Crippen LogP contribution in [0.3, 0.4) is 0 Å². The predicted molar refractivity (Wildman–Crippen MR) is 43.1 cm³/mol. The van der Waals surface area contributed by atoms with E-state index in [2.05, 4.69) is 9.42 Å². The van der Waals surface area contributed by atoms with Crippen molar-refractivity contribution in [2.75, 3.05) is 13.2 Å². The molecule has 4 atom stereocenters. The summed E-state index contributed by atoms with van der Waals surface area (Å²) in [5.41, 5.74) is 0. The van der Waals surface area contributed by atoms with E-state index in [1.54, 1.807) is 0 Å². The molecule has 0 radical (unpaired) electrons. The number of hydrogen-bond donors (Lipinski definition) is 6. The molecule has 0 spiro atoms. The van der Waals surface area contributed by atoms with Crippen LogP contribution in [0, 0.1) is 0 Å². The Morgan fingerprint density at radius 2 is 1.93 bits per heavy atom. The van der Waals surface area contributed by atoms with E-state index >= 15 is 0 Å². The quantitative estimate of drug-likeness (QED) is 0.258. The minimum atomic E-state index is -4.55. The van der Waals surface area contributed by atoms with Crippen molar-refractivity contribution in [2.24, 2.45) is 0 Å². The van der Waals surface area contributed by atoms with Gasteiger partial charge in [-0.2, -0.15) is 0 Å². The van der Waals surface area contributed by atoms with Crippen molar-refractivity contribution >= 4 is 7.82 Å². The third-order valence-corrected chi connectivity index (χ3v) is 1.86. The number of aliphatic hydroxyl groups excluding tert-OH is 4. The van der Waals surface area contributed by atoms with Gasteiger partial charge in [-0.05, 0) is 0 Å². The molecule has 0 aromatic heterocycles. The molecule has 0 aromatic rings. The molecular formula is C5H13O8P. The summed E-state index contributed by atoms with van der Waals surface area (Å²) in [4.78, 5) is 11.9. The molecule has 6 N–H and O–H groups in total. The van der Waals surface area contributed by atoms with Gasteiger partial charge in [0.1, 0.15) is 18.3 Å². The van der Waals surface area contributed by atoms with Gasteiger partial charge in [0.25, 0.3) is 0 Å². The molecule has 0 amide bonds. The standard InChI is InChI=1S/C5H13O8P/c6-1-3(7)5(9)4(8)2-13-14(10,11)12/h3-9H,1-2H2,(H2,10,11,12)/t3-,4+,5-/m0/s1/i/hD. The Morgan fingerprint density at radius 3 is 2.36 bits per heavy atom. The molecule has 0 aliphatic carbocycles. The van der Waals surface area contributed by atoms with Crippen LogP contribution in [0.1, 0.15) is 0 Å². The van der Waals surface area contributed by atoms with Crippen molar-refractivity contribution in [3.8, 4) is 0 Å². The molecule has 0 bridgehead atoms. The van der Waals surface area contributed by atoms with Crippen LogP contribution < -0.4 is 0 Å². The van der Waals surface area contributed by atoms with Gasteiger partial charge in [-0.3, -0.25) is 4.52 Å². The second kappa shape index (κ2) is 5.74. The molecule has 0 heterocycles. The smallest absolute Gasteiger partial charge is 0.394 e. The fraction of sp³-hybridized carbons (Fsp3) is 1.00. The maximum absolute atomic E-state index is 10.6. The van der Waals surface area contributed by atoms with Crippen LogP contribution in [-0.4, -0.2) is 63.2 Å². The predicted octanol–water partition coefficient (Wildman–Crippen LogP) is -2.83. The van der Waals surface area contributed by atoms with Crippen molar-refractivity contribution in [3.63, 3.8) is 0 Å². The molecule has 14 heavy (non-hydrogen) atoms. The maximum Gasteiger partial charge on any atom is 0.469 e. The van der Waals surface area contributed by atoms with E-state index in [-0.39, 0.29) is 0 Å². The van der Waals surface area contributed by atoms with Crippen molar-refractivity contribution in [2.45, 2.75) is 18.3 Å². The maximum atomic E-state index is 10.6. The van der Waals surface area contributed by atoms with Crippen LogP contribution in [0.2, 0.25) is 0 Å². The summed E-state index contributed by atoms with van der Waals surface area (Å²) in [5, 5.41) is 35.4. The monoisotopic (exact) mass is 233 g/mol. The molecule has 0 rings (SSSR count). The van der Waals surface area contributed by atoms with E-state index < -0.39 is 39.3 Å². The number of aliphatic hydroxyl groups is 4. The second-order valence-electron chi connectivity index (χ2n) is 2.57. The van der Waals surface area contributed by atoms with E-state index in [9.17, 15) is 4.57 Å². The number of rotatable bonds is 7. The fourth-order valence-corrected chi connectivity index (χ4v) is 0.975. The van der Waals surface area contributed by atoms with E-state index in [4.69, 9.17) is 26.8 Å². The van der Waals surface area contributed by atoms with Gasteiger partial charge in [-0.25, -0.2) is 4.57 Å². The molecule has 0 saturated heterocycles. The Kier molecular flexibility index (Phi) is 4.93. The van der Waals surface area contributed by atoms with Crippen LogP contribution >= 0.6 is 7.82 Å². The van der Waals surface area contributed by atoms with E-state index in [0.29, 0.717) is 0 Å². The van der Waals surface area contributed by atoms with Crippen LogP contribution in [0.5, 0.6) is 0 Å². The molecule has 0 aliphatic heterocycles. The lowest BCUT2D eigenvalue weighted by atomic mass is 10.1. The van der Waals surface area contributed by atoms with Crippen molar-refractivity contribution in [1.82, 2.24) is 0 Å². The van der Waals surface area contributed by atoms with E-state index in [1.165, 1.54) is 0 Å². The molecule has 0 aliphatic rings. The van der Waals surface area contributed by atoms with Gasteiger partial charge in [0.05, 0.1) is 13.2 Å². The lowest BCUT2D eigenvalue weighted by molar-refractivity contribution is -0.0891. The third kappa shape index (κ3) is 5.63. The summed E-state index contributed by atoms with van der Waals surface area (Å²) < 4.78 is 20.7. The minimum Gasteiger partial charge on any atom is -0.394 e. The zero-order chi connectivity index (χ0) is 12.1. The van der Waals surface area contributed by atoms with Crippen molar-refractivity contribution < 1.29 is 39.3 Å². The normalized spacial score (nSPS) is 23.4. The Labute approximate surface area is 81.1 Å². The SMILES string of the molecule is [2H]OP(=O)(O)OC[C@@H](O)[C@@H](O)[C@@H](O)CO. The summed E-state index contributed by atoms with van der Waals surface area (Å²) >= 11 is 0. The van der Waals surface area contributed by atoms with Gasteiger partial charge in [-0.15, -0.1) is 0 Å². The zero-order valence-corrected chi connectivity index (χ0v) is 7.95. The van der Waals surface area contributed by atoms with Crippen molar-refractivity contribution in [1.29, 1.82) is 1.43 Å². The molecule has 0 saturated carbocycles. The van der Waals surface area contributed by atoms with Gasteiger partial charge in [0, 0.05) is 0 Å². The lowest BCUT2D eigenvalue weighted by Crippen LogP contribution is -2.41. The van der Waals surface area contributed by atoms with Gasteiger partial charge in [0.2, 0.25) is 1.43 Å². The average Bonchev–Trinajstić information content (AvgIpc) is 2.23. The van der Waals surface area contributed by atoms with Crippen LogP contribution in [-0.2, 0) is 9.09 Å². The molecule has 86 valence electrons. The Hall–Kier alpha value is -0.0500. The highest BCUT2D eigenvalue weighted by atomic mass is 31.2. The first-order chi connectivity index (χ1) is 6.84. The summed E-state index contributed by atoms with van der Waals surface area (Å²) in [6.07, 6.45) is -5.03. The first-order valence-corrected chi connectivity index (χ1v) is 5.11. The highest BCUT2D eigenvalue weighted by Crippen LogP contribution is 2.35. The molecule has 8 nitrogen and oxygen atoms in total. The first-order valence-electron chi connectivity index (χ1n) is 4.02. The highest BCUT2D eigenvalue weighted by Gasteiger charge is 2.26. The van der Waals surface area contributed by atoms with Crippen LogP contribution in [0.15, 0.2) is 0 Å². The molecule has 0 fully saturated rings. The lowest BCUT2D eigenvalue weighted by Gasteiger charge is -2.21. The van der Waals surface area contributed by atoms with E-state index in [0.717, 1.165) is 0 Å². The van der Waals surface area contributed by atoms with E-state index in [1.807, 2.05) is 0 Å². The summed E-state index contributed by atoms with van der Waals surface area (Å²) in [5.74, 6) is 0. The fourth-order valence-electron chi connectivity index (χ4n) is 0.634. The molecule has 1 unspecified atom stereocenters. The summed E-state index contributed by atoms with van der Waals surface area (Å²) in [6, 6.07) is 0. The largest absolute Gasteiger partial charge is 0.469 e. The Balaban J connectivity index is 4.03. The Morgan fingerprint density at radius 1 is 1.36 bits per heavy atom.